The molecule has 11 nitrogen and oxygen atoms in total. The minimum atomic E-state index is -0.929. The van der Waals surface area contributed by atoms with Crippen LogP contribution in [0.1, 0.15) is 18.1 Å². The molecule has 0 saturated carbocycles. The number of benzene rings is 3. The molecule has 1 heterocycles. The molecule has 0 spiro atoms. The van der Waals surface area contributed by atoms with E-state index in [0.717, 1.165) is 5.56 Å². The number of fused-ring (bicyclic) bond motifs is 1. The van der Waals surface area contributed by atoms with Crippen LogP contribution < -0.4 is 35.0 Å². The van der Waals surface area contributed by atoms with Gasteiger partial charge in [-0.3, -0.25) is 14.4 Å². The fourth-order valence-corrected chi connectivity index (χ4v) is 4.45. The average Bonchev–Trinajstić information content (AvgIpc) is 3.41. The minimum absolute atomic E-state index is 0.125. The van der Waals surface area contributed by atoms with Crippen LogP contribution in [0.3, 0.4) is 0 Å². The summed E-state index contributed by atoms with van der Waals surface area (Å²) in [5, 5.41) is 9.50. The second-order valence-corrected chi connectivity index (χ2v) is 9.72. The summed E-state index contributed by atoms with van der Waals surface area (Å²) in [6.45, 7) is 2.16. The Balaban J connectivity index is 1.31. The van der Waals surface area contributed by atoms with Crippen LogP contribution in [0, 0.1) is 3.57 Å². The SMILES string of the molecule is CCOc1cc(/C=N\NC(=O)C(=O)NCc2ccc3c(c2)OCO3)cc(I)c1OCC(=O)Nc1ccccc1Cl. The van der Waals surface area contributed by atoms with Crippen LogP contribution in [0.15, 0.2) is 59.7 Å². The Bertz CT molecular complexity index is 1450. The van der Waals surface area contributed by atoms with E-state index in [2.05, 4.69) is 21.2 Å². The summed E-state index contributed by atoms with van der Waals surface area (Å²) in [5.41, 5.74) is 3.99. The third kappa shape index (κ3) is 7.76. The van der Waals surface area contributed by atoms with Gasteiger partial charge in [-0.1, -0.05) is 29.8 Å². The van der Waals surface area contributed by atoms with Crippen LogP contribution in [0.25, 0.3) is 0 Å². The molecule has 0 atom stereocenters. The Labute approximate surface area is 248 Å². The van der Waals surface area contributed by atoms with Crippen LogP contribution in [0.4, 0.5) is 5.69 Å². The Morgan fingerprint density at radius 3 is 2.65 bits per heavy atom. The molecule has 1 aliphatic rings. The lowest BCUT2D eigenvalue weighted by Crippen LogP contribution is -2.37. The van der Waals surface area contributed by atoms with Gasteiger partial charge >= 0.3 is 11.8 Å². The first-order valence-electron chi connectivity index (χ1n) is 12.0. The maximum atomic E-state index is 12.4. The lowest BCUT2D eigenvalue weighted by Gasteiger charge is -2.15. The van der Waals surface area contributed by atoms with Gasteiger partial charge in [-0.25, -0.2) is 5.43 Å². The van der Waals surface area contributed by atoms with Gasteiger partial charge in [0.25, 0.3) is 5.91 Å². The van der Waals surface area contributed by atoms with Gasteiger partial charge in [-0.2, -0.15) is 5.10 Å². The summed E-state index contributed by atoms with van der Waals surface area (Å²) in [6.07, 6.45) is 1.36. The molecule has 0 aliphatic carbocycles. The molecular formula is C27H24ClIN4O7. The largest absolute Gasteiger partial charge is 0.490 e. The number of anilines is 1. The Hall–Kier alpha value is -4.04. The van der Waals surface area contributed by atoms with Gasteiger partial charge in [0.2, 0.25) is 6.79 Å². The smallest absolute Gasteiger partial charge is 0.329 e. The van der Waals surface area contributed by atoms with Crippen molar-refractivity contribution >= 4 is 63.8 Å². The molecule has 0 unspecified atom stereocenters. The van der Waals surface area contributed by atoms with E-state index in [4.69, 9.17) is 30.5 Å². The van der Waals surface area contributed by atoms with Gasteiger partial charge in [0.1, 0.15) is 0 Å². The number of carbonyl (C=O) groups is 3. The number of hydrazone groups is 1. The van der Waals surface area contributed by atoms with Gasteiger partial charge in [0, 0.05) is 6.54 Å². The monoisotopic (exact) mass is 678 g/mol. The van der Waals surface area contributed by atoms with E-state index in [9.17, 15) is 14.4 Å². The molecule has 0 radical (unpaired) electrons. The summed E-state index contributed by atoms with van der Waals surface area (Å²) in [5.74, 6) is -0.201. The van der Waals surface area contributed by atoms with Crippen molar-refractivity contribution in [1.29, 1.82) is 0 Å². The summed E-state index contributed by atoms with van der Waals surface area (Å²) in [4.78, 5) is 36.7. The molecule has 3 amide bonds. The van der Waals surface area contributed by atoms with Crippen molar-refractivity contribution in [3.05, 3.63) is 74.3 Å². The molecule has 0 bridgehead atoms. The molecule has 4 rings (SSSR count). The second kappa shape index (κ2) is 13.8. The highest BCUT2D eigenvalue weighted by molar-refractivity contribution is 14.1. The van der Waals surface area contributed by atoms with Gasteiger partial charge in [0.05, 0.1) is 27.1 Å². The molecule has 13 heteroatoms. The molecule has 0 saturated heterocycles. The van der Waals surface area contributed by atoms with E-state index < -0.39 is 17.7 Å². The predicted octanol–water partition coefficient (Wildman–Crippen LogP) is 3.86. The number of amides is 3. The highest BCUT2D eigenvalue weighted by Crippen LogP contribution is 2.34. The molecule has 40 heavy (non-hydrogen) atoms. The Morgan fingerprint density at radius 2 is 1.85 bits per heavy atom. The topological polar surface area (TPSA) is 137 Å². The summed E-state index contributed by atoms with van der Waals surface area (Å²) >= 11 is 8.13. The highest BCUT2D eigenvalue weighted by atomic mass is 127. The Morgan fingerprint density at radius 1 is 1.05 bits per heavy atom. The zero-order valence-electron chi connectivity index (χ0n) is 21.2. The zero-order chi connectivity index (χ0) is 28.5. The third-order valence-electron chi connectivity index (χ3n) is 5.30. The summed E-state index contributed by atoms with van der Waals surface area (Å²) in [7, 11) is 0. The number of halogens is 2. The first kappa shape index (κ1) is 29.0. The number of carbonyl (C=O) groups excluding carboxylic acids is 3. The standard InChI is InChI=1S/C27H24ClIN4O7/c1-2-37-23-11-17(9-19(29)25(23)38-14-24(34)32-20-6-4-3-5-18(20)28)13-31-33-27(36)26(35)30-12-16-7-8-21-22(10-16)40-15-39-21/h3-11,13H,2,12,14-15H2,1H3,(H,30,35)(H,32,34)(H,33,36)/b31-13-. The number of para-hydroxylation sites is 1. The molecule has 3 aromatic carbocycles. The van der Waals surface area contributed by atoms with Gasteiger partial charge in [0.15, 0.2) is 29.6 Å². The second-order valence-electron chi connectivity index (χ2n) is 8.15. The third-order valence-corrected chi connectivity index (χ3v) is 6.43. The van der Waals surface area contributed by atoms with E-state index in [1.54, 1.807) is 54.6 Å². The van der Waals surface area contributed by atoms with Crippen molar-refractivity contribution in [1.82, 2.24) is 10.7 Å². The number of hydrogen-bond donors (Lipinski definition) is 3. The normalized spacial score (nSPS) is 11.7. The van der Waals surface area contributed by atoms with Gasteiger partial charge < -0.3 is 29.6 Å². The van der Waals surface area contributed by atoms with E-state index in [0.29, 0.717) is 49.4 Å². The van der Waals surface area contributed by atoms with Crippen LogP contribution in [-0.2, 0) is 20.9 Å². The number of hydrogen-bond acceptors (Lipinski definition) is 8. The number of nitrogens with zero attached hydrogens (tertiary/aromatic N) is 1. The molecular weight excluding hydrogens is 655 g/mol. The Kier molecular flexibility index (Phi) is 10.0. The zero-order valence-corrected chi connectivity index (χ0v) is 24.1. The maximum absolute atomic E-state index is 12.4. The van der Waals surface area contributed by atoms with E-state index in [1.807, 2.05) is 29.5 Å². The van der Waals surface area contributed by atoms with Crippen LogP contribution in [0.2, 0.25) is 5.02 Å². The number of rotatable bonds is 10. The fourth-order valence-electron chi connectivity index (χ4n) is 3.48. The van der Waals surface area contributed by atoms with Gasteiger partial charge in [-0.15, -0.1) is 0 Å². The van der Waals surface area contributed by atoms with Crippen molar-refractivity contribution in [3.63, 3.8) is 0 Å². The molecule has 208 valence electrons. The molecule has 1 aliphatic heterocycles. The average molecular weight is 679 g/mol. The molecule has 3 aromatic rings. The fraction of sp³-hybridized carbons (Fsp3) is 0.185. The minimum Gasteiger partial charge on any atom is -0.490 e. The molecule has 0 fully saturated rings. The van der Waals surface area contributed by atoms with E-state index in [-0.39, 0.29) is 19.9 Å². The van der Waals surface area contributed by atoms with Gasteiger partial charge in [-0.05, 0) is 77.0 Å². The number of ether oxygens (including phenoxy) is 4. The van der Waals surface area contributed by atoms with Crippen LogP contribution in [-0.4, -0.2) is 43.9 Å². The maximum Gasteiger partial charge on any atom is 0.329 e. The van der Waals surface area contributed by atoms with E-state index in [1.165, 1.54) is 6.21 Å². The molecule has 3 N–H and O–H groups in total. The van der Waals surface area contributed by atoms with Crippen molar-refractivity contribution in [2.75, 3.05) is 25.3 Å². The summed E-state index contributed by atoms with van der Waals surface area (Å²) < 4.78 is 22.6. The van der Waals surface area contributed by atoms with Crippen molar-refractivity contribution in [2.45, 2.75) is 13.5 Å². The quantitative estimate of drug-likeness (QED) is 0.128. The molecule has 0 aromatic heterocycles. The van der Waals surface area contributed by atoms with Crippen LogP contribution in [0.5, 0.6) is 23.0 Å². The first-order chi connectivity index (χ1) is 19.3. The highest BCUT2D eigenvalue weighted by Gasteiger charge is 2.17. The first-order valence-corrected chi connectivity index (χ1v) is 13.4. The van der Waals surface area contributed by atoms with Crippen molar-refractivity contribution in [2.24, 2.45) is 5.10 Å². The van der Waals surface area contributed by atoms with Crippen molar-refractivity contribution < 1.29 is 33.3 Å². The number of nitrogens with one attached hydrogen (secondary N) is 3. The van der Waals surface area contributed by atoms with E-state index >= 15 is 0 Å². The summed E-state index contributed by atoms with van der Waals surface area (Å²) in [6, 6.07) is 15.5. The van der Waals surface area contributed by atoms with Crippen molar-refractivity contribution in [3.8, 4) is 23.0 Å². The predicted molar refractivity (Wildman–Crippen MR) is 156 cm³/mol. The lowest BCUT2D eigenvalue weighted by molar-refractivity contribution is -0.139. The lowest BCUT2D eigenvalue weighted by atomic mass is 10.2. The van der Waals surface area contributed by atoms with Crippen LogP contribution >= 0.6 is 34.2 Å².